The standard InChI is InChI=1S/C15H24N2O4S/c1-11-7-13(20-2)14(21-3)8-15(11)22(18,19)17-6-4-5-12(9-16)10-17/h7-8,12H,4-6,9-10,16H2,1-3H3. The van der Waals surface area contributed by atoms with Crippen molar-refractivity contribution in [3.05, 3.63) is 17.7 Å². The predicted molar refractivity (Wildman–Crippen MR) is 84.8 cm³/mol. The van der Waals surface area contributed by atoms with Gasteiger partial charge >= 0.3 is 0 Å². The van der Waals surface area contributed by atoms with E-state index in [1.165, 1.54) is 24.6 Å². The highest BCUT2D eigenvalue weighted by atomic mass is 32.2. The maximum Gasteiger partial charge on any atom is 0.243 e. The molecule has 0 saturated carbocycles. The number of hydrogen-bond donors (Lipinski definition) is 1. The van der Waals surface area contributed by atoms with Crippen molar-refractivity contribution in [2.24, 2.45) is 11.7 Å². The van der Waals surface area contributed by atoms with Gasteiger partial charge in [-0.05, 0) is 43.9 Å². The second-order valence-electron chi connectivity index (χ2n) is 5.58. The molecule has 0 radical (unpaired) electrons. The van der Waals surface area contributed by atoms with Gasteiger partial charge in [0, 0.05) is 19.2 Å². The Hall–Kier alpha value is -1.31. The highest BCUT2D eigenvalue weighted by molar-refractivity contribution is 7.89. The minimum atomic E-state index is -3.55. The van der Waals surface area contributed by atoms with Crippen molar-refractivity contribution >= 4 is 10.0 Å². The molecule has 0 aromatic heterocycles. The second kappa shape index (κ2) is 6.85. The lowest BCUT2D eigenvalue weighted by atomic mass is 10.0. The summed E-state index contributed by atoms with van der Waals surface area (Å²) in [5.41, 5.74) is 6.35. The van der Waals surface area contributed by atoms with Gasteiger partial charge in [0.2, 0.25) is 10.0 Å². The number of nitrogens with two attached hydrogens (primary N) is 1. The van der Waals surface area contributed by atoms with Crippen LogP contribution in [0.4, 0.5) is 0 Å². The Morgan fingerprint density at radius 1 is 1.27 bits per heavy atom. The Morgan fingerprint density at radius 3 is 2.50 bits per heavy atom. The van der Waals surface area contributed by atoms with Crippen molar-refractivity contribution in [3.8, 4) is 11.5 Å². The summed E-state index contributed by atoms with van der Waals surface area (Å²) in [5.74, 6) is 1.17. The van der Waals surface area contributed by atoms with E-state index in [4.69, 9.17) is 15.2 Å². The molecule has 6 nitrogen and oxygen atoms in total. The zero-order chi connectivity index (χ0) is 16.3. The number of ether oxygens (including phenoxy) is 2. The smallest absolute Gasteiger partial charge is 0.243 e. The van der Waals surface area contributed by atoms with Crippen LogP contribution >= 0.6 is 0 Å². The highest BCUT2D eigenvalue weighted by Gasteiger charge is 2.31. The van der Waals surface area contributed by atoms with Crippen LogP contribution in [-0.4, -0.2) is 46.6 Å². The molecule has 1 fully saturated rings. The first-order valence-electron chi connectivity index (χ1n) is 7.36. The molecule has 1 aromatic carbocycles. The Labute approximate surface area is 132 Å². The van der Waals surface area contributed by atoms with E-state index in [2.05, 4.69) is 0 Å². The summed E-state index contributed by atoms with van der Waals surface area (Å²) in [4.78, 5) is 0.267. The van der Waals surface area contributed by atoms with E-state index in [-0.39, 0.29) is 10.8 Å². The third-order valence-corrected chi connectivity index (χ3v) is 6.12. The normalized spacial score (nSPS) is 19.9. The number of sulfonamides is 1. The Balaban J connectivity index is 2.40. The molecule has 124 valence electrons. The van der Waals surface area contributed by atoms with Gasteiger partial charge in [0.05, 0.1) is 19.1 Å². The maximum atomic E-state index is 12.9. The molecule has 2 N–H and O–H groups in total. The molecule has 0 bridgehead atoms. The maximum absolute atomic E-state index is 12.9. The van der Waals surface area contributed by atoms with Crippen LogP contribution in [-0.2, 0) is 10.0 Å². The van der Waals surface area contributed by atoms with Crippen molar-refractivity contribution in [1.29, 1.82) is 0 Å². The summed E-state index contributed by atoms with van der Waals surface area (Å²) in [5, 5.41) is 0. The average molecular weight is 328 g/mol. The van der Waals surface area contributed by atoms with Gasteiger partial charge in [-0.1, -0.05) is 0 Å². The summed E-state index contributed by atoms with van der Waals surface area (Å²) in [6.45, 7) is 3.29. The van der Waals surface area contributed by atoms with Crippen molar-refractivity contribution in [3.63, 3.8) is 0 Å². The molecule has 7 heteroatoms. The fraction of sp³-hybridized carbons (Fsp3) is 0.600. The van der Waals surface area contributed by atoms with Gasteiger partial charge in [0.25, 0.3) is 0 Å². The molecule has 1 aliphatic rings. The Bertz CT molecular complexity index is 631. The van der Waals surface area contributed by atoms with Crippen molar-refractivity contribution in [2.45, 2.75) is 24.7 Å². The van der Waals surface area contributed by atoms with Crippen LogP contribution < -0.4 is 15.2 Å². The summed E-state index contributed by atoms with van der Waals surface area (Å²) >= 11 is 0. The van der Waals surface area contributed by atoms with Crippen LogP contribution in [0.3, 0.4) is 0 Å². The quantitative estimate of drug-likeness (QED) is 0.883. The number of piperidine rings is 1. The molecule has 1 aromatic rings. The lowest BCUT2D eigenvalue weighted by Crippen LogP contribution is -2.42. The van der Waals surface area contributed by atoms with Crippen LogP contribution in [0, 0.1) is 12.8 Å². The monoisotopic (exact) mass is 328 g/mol. The van der Waals surface area contributed by atoms with Crippen molar-refractivity contribution in [1.82, 2.24) is 4.31 Å². The van der Waals surface area contributed by atoms with Crippen LogP contribution in [0.1, 0.15) is 18.4 Å². The number of hydrogen-bond acceptors (Lipinski definition) is 5. The second-order valence-corrected chi connectivity index (χ2v) is 7.49. The summed E-state index contributed by atoms with van der Waals surface area (Å²) in [6, 6.07) is 3.23. The molecule has 1 atom stereocenters. The van der Waals surface area contributed by atoms with Gasteiger partial charge in [0.1, 0.15) is 0 Å². The number of aryl methyl sites for hydroxylation is 1. The molecule has 0 aliphatic carbocycles. The fourth-order valence-corrected chi connectivity index (χ4v) is 4.59. The first-order chi connectivity index (χ1) is 10.4. The van der Waals surface area contributed by atoms with E-state index in [9.17, 15) is 8.42 Å². The van der Waals surface area contributed by atoms with Gasteiger partial charge in [-0.3, -0.25) is 0 Å². The summed E-state index contributed by atoms with van der Waals surface area (Å²) < 4.78 is 37.8. The highest BCUT2D eigenvalue weighted by Crippen LogP contribution is 2.34. The molecule has 0 spiro atoms. The minimum Gasteiger partial charge on any atom is -0.493 e. The van der Waals surface area contributed by atoms with Crippen LogP contribution in [0.15, 0.2) is 17.0 Å². The summed E-state index contributed by atoms with van der Waals surface area (Å²) in [7, 11) is -0.526. The van der Waals surface area contributed by atoms with E-state index in [0.717, 1.165) is 12.8 Å². The molecule has 0 amide bonds. The Kier molecular flexibility index (Phi) is 5.31. The molecule has 1 saturated heterocycles. The first kappa shape index (κ1) is 17.1. The van der Waals surface area contributed by atoms with Crippen molar-refractivity contribution < 1.29 is 17.9 Å². The van der Waals surface area contributed by atoms with E-state index >= 15 is 0 Å². The van der Waals surface area contributed by atoms with Crippen LogP contribution in [0.25, 0.3) is 0 Å². The molecular weight excluding hydrogens is 304 g/mol. The minimum absolute atomic E-state index is 0.226. The molecule has 1 unspecified atom stereocenters. The third kappa shape index (κ3) is 3.21. The zero-order valence-corrected chi connectivity index (χ0v) is 14.1. The van der Waals surface area contributed by atoms with Gasteiger partial charge in [-0.15, -0.1) is 0 Å². The predicted octanol–water partition coefficient (Wildman–Crippen LogP) is 1.37. The zero-order valence-electron chi connectivity index (χ0n) is 13.3. The average Bonchev–Trinajstić information content (AvgIpc) is 2.54. The molecule has 1 heterocycles. The largest absolute Gasteiger partial charge is 0.493 e. The van der Waals surface area contributed by atoms with Gasteiger partial charge < -0.3 is 15.2 Å². The Morgan fingerprint density at radius 2 is 1.91 bits per heavy atom. The van der Waals surface area contributed by atoms with Crippen LogP contribution in [0.2, 0.25) is 0 Å². The third-order valence-electron chi connectivity index (χ3n) is 4.11. The van der Waals surface area contributed by atoms with Gasteiger partial charge in [-0.25, -0.2) is 8.42 Å². The fourth-order valence-electron chi connectivity index (χ4n) is 2.82. The first-order valence-corrected chi connectivity index (χ1v) is 8.80. The van der Waals surface area contributed by atoms with Crippen LogP contribution in [0.5, 0.6) is 11.5 Å². The topological polar surface area (TPSA) is 81.9 Å². The number of methoxy groups -OCH3 is 2. The van der Waals surface area contributed by atoms with E-state index in [1.807, 2.05) is 0 Å². The lowest BCUT2D eigenvalue weighted by molar-refractivity contribution is 0.271. The van der Waals surface area contributed by atoms with Gasteiger partial charge in [-0.2, -0.15) is 4.31 Å². The van der Waals surface area contributed by atoms with E-state index < -0.39 is 10.0 Å². The van der Waals surface area contributed by atoms with E-state index in [0.29, 0.717) is 36.7 Å². The molecular formula is C15H24N2O4S. The number of rotatable bonds is 5. The lowest BCUT2D eigenvalue weighted by Gasteiger charge is -2.31. The van der Waals surface area contributed by atoms with E-state index in [1.54, 1.807) is 13.0 Å². The SMILES string of the molecule is COc1cc(C)c(S(=O)(=O)N2CCCC(CN)C2)cc1OC. The number of nitrogens with zero attached hydrogens (tertiary/aromatic N) is 1. The summed E-state index contributed by atoms with van der Waals surface area (Å²) in [6.07, 6.45) is 1.82. The number of benzene rings is 1. The molecule has 22 heavy (non-hydrogen) atoms. The molecule has 2 rings (SSSR count). The van der Waals surface area contributed by atoms with Gasteiger partial charge in [0.15, 0.2) is 11.5 Å². The van der Waals surface area contributed by atoms with Crippen molar-refractivity contribution in [2.75, 3.05) is 33.9 Å². The molecule has 1 aliphatic heterocycles.